The molecule has 1 heterocycles. The molecule has 0 radical (unpaired) electrons. The third-order valence-corrected chi connectivity index (χ3v) is 5.05. The van der Waals surface area contributed by atoms with Crippen molar-refractivity contribution < 1.29 is 4.39 Å². The van der Waals surface area contributed by atoms with Gasteiger partial charge in [0.15, 0.2) is 0 Å². The monoisotopic (exact) mass is 367 g/mol. The maximum atomic E-state index is 14.7. The molecule has 0 amide bonds. The lowest BCUT2D eigenvalue weighted by molar-refractivity contribution is 0.484. The molecule has 1 atom stereocenters. The molecular formula is C23H30FN3. The van der Waals surface area contributed by atoms with E-state index in [9.17, 15) is 4.39 Å². The molecule has 1 saturated heterocycles. The fourth-order valence-electron chi connectivity index (χ4n) is 3.58. The van der Waals surface area contributed by atoms with Gasteiger partial charge >= 0.3 is 0 Å². The summed E-state index contributed by atoms with van der Waals surface area (Å²) in [6.45, 7) is 8.31. The summed E-state index contributed by atoms with van der Waals surface area (Å²) in [5.74, 6) is 0.238. The van der Waals surface area contributed by atoms with Crippen LogP contribution in [-0.4, -0.2) is 25.3 Å². The van der Waals surface area contributed by atoms with Crippen molar-refractivity contribution >= 4 is 17.6 Å². The second-order valence-corrected chi connectivity index (χ2v) is 7.80. The Morgan fingerprint density at radius 3 is 2.63 bits per heavy atom. The molecule has 4 heteroatoms. The van der Waals surface area contributed by atoms with Gasteiger partial charge in [0.2, 0.25) is 0 Å². The van der Waals surface area contributed by atoms with Gasteiger partial charge in [-0.1, -0.05) is 32.0 Å². The van der Waals surface area contributed by atoms with Crippen molar-refractivity contribution in [3.63, 3.8) is 0 Å². The third kappa shape index (κ3) is 5.09. The molecule has 0 spiro atoms. The number of hydrogen-bond acceptors (Lipinski definition) is 3. The molecule has 0 N–H and O–H groups in total. The van der Waals surface area contributed by atoms with Gasteiger partial charge in [0.05, 0.1) is 11.9 Å². The molecule has 1 aliphatic rings. The second-order valence-electron chi connectivity index (χ2n) is 7.80. The highest BCUT2D eigenvalue weighted by atomic mass is 19.1. The number of hydrazone groups is 1. The van der Waals surface area contributed by atoms with Crippen LogP contribution in [0, 0.1) is 11.7 Å². The molecule has 3 nitrogen and oxygen atoms in total. The Labute approximate surface area is 162 Å². The Kier molecular flexibility index (Phi) is 6.49. The van der Waals surface area contributed by atoms with Crippen molar-refractivity contribution in [2.45, 2.75) is 46.1 Å². The molecule has 2 aromatic carbocycles. The van der Waals surface area contributed by atoms with Crippen molar-refractivity contribution in [3.8, 4) is 0 Å². The summed E-state index contributed by atoms with van der Waals surface area (Å²) in [6, 6.07) is 16.0. The average Bonchev–Trinajstić information content (AvgIpc) is 2.67. The number of rotatable bonds is 6. The van der Waals surface area contributed by atoms with Crippen LogP contribution in [0.25, 0.3) is 0 Å². The van der Waals surface area contributed by atoms with Crippen molar-refractivity contribution in [2.24, 2.45) is 11.0 Å². The smallest absolute Gasteiger partial charge is 0.134 e. The van der Waals surface area contributed by atoms with E-state index in [-0.39, 0.29) is 5.82 Å². The standard InChI is InChI=1S/C23H30FN3/c1-18(2)17-27(21-10-5-4-6-11-21)25-16-20-12-13-22(15-23(20)24)26-14-8-7-9-19(26)3/h4-6,10-13,15-16,18-19H,7-9,14,17H2,1-3H3/b25-16+. The number of piperidine rings is 1. The first-order valence-corrected chi connectivity index (χ1v) is 9.97. The van der Waals surface area contributed by atoms with Crippen LogP contribution in [0.2, 0.25) is 0 Å². The first-order valence-electron chi connectivity index (χ1n) is 9.97. The van der Waals surface area contributed by atoms with Crippen LogP contribution >= 0.6 is 0 Å². The van der Waals surface area contributed by atoms with Crippen molar-refractivity contribution in [1.82, 2.24) is 0 Å². The molecule has 2 aromatic rings. The minimum absolute atomic E-state index is 0.216. The summed E-state index contributed by atoms with van der Waals surface area (Å²) in [6.07, 6.45) is 5.24. The van der Waals surface area contributed by atoms with Crippen LogP contribution in [0.4, 0.5) is 15.8 Å². The maximum absolute atomic E-state index is 14.7. The number of anilines is 2. The molecule has 0 aliphatic carbocycles. The lowest BCUT2D eigenvalue weighted by Gasteiger charge is -2.35. The second kappa shape index (κ2) is 9.03. The number of halogens is 1. The topological polar surface area (TPSA) is 18.8 Å². The largest absolute Gasteiger partial charge is 0.369 e. The van der Waals surface area contributed by atoms with E-state index < -0.39 is 0 Å². The van der Waals surface area contributed by atoms with E-state index in [1.165, 1.54) is 19.3 Å². The Bertz CT molecular complexity index is 757. The van der Waals surface area contributed by atoms with Crippen LogP contribution in [0.3, 0.4) is 0 Å². The predicted molar refractivity (Wildman–Crippen MR) is 113 cm³/mol. The zero-order valence-electron chi connectivity index (χ0n) is 16.6. The molecular weight excluding hydrogens is 337 g/mol. The summed E-state index contributed by atoms with van der Waals surface area (Å²) in [7, 11) is 0. The number of benzene rings is 2. The summed E-state index contributed by atoms with van der Waals surface area (Å²) >= 11 is 0. The lowest BCUT2D eigenvalue weighted by atomic mass is 10.0. The molecule has 144 valence electrons. The molecule has 0 bridgehead atoms. The van der Waals surface area contributed by atoms with E-state index in [0.29, 0.717) is 17.5 Å². The highest BCUT2D eigenvalue weighted by Gasteiger charge is 2.19. The third-order valence-electron chi connectivity index (χ3n) is 5.05. The van der Waals surface area contributed by atoms with Gasteiger partial charge < -0.3 is 4.90 Å². The van der Waals surface area contributed by atoms with E-state index in [2.05, 4.69) is 30.8 Å². The highest BCUT2D eigenvalue weighted by Crippen LogP contribution is 2.26. The van der Waals surface area contributed by atoms with E-state index >= 15 is 0 Å². The Hall–Kier alpha value is -2.36. The SMILES string of the molecule is CC(C)CN(/N=C/c1ccc(N2CCCCC2C)cc1F)c1ccccc1. The average molecular weight is 368 g/mol. The van der Waals surface area contributed by atoms with Crippen LogP contribution < -0.4 is 9.91 Å². The Morgan fingerprint density at radius 2 is 1.96 bits per heavy atom. The van der Waals surface area contributed by atoms with Crippen LogP contribution in [0.5, 0.6) is 0 Å². The summed E-state index contributed by atoms with van der Waals surface area (Å²) < 4.78 is 14.7. The first kappa shape index (κ1) is 19.4. The number of para-hydroxylation sites is 1. The van der Waals surface area contributed by atoms with Gasteiger partial charge in [0.1, 0.15) is 5.82 Å². The minimum Gasteiger partial charge on any atom is -0.369 e. The van der Waals surface area contributed by atoms with Gasteiger partial charge in [-0.25, -0.2) is 4.39 Å². The maximum Gasteiger partial charge on any atom is 0.134 e. The summed E-state index contributed by atoms with van der Waals surface area (Å²) in [4.78, 5) is 2.31. The summed E-state index contributed by atoms with van der Waals surface area (Å²) in [5, 5.41) is 6.51. The van der Waals surface area contributed by atoms with Gasteiger partial charge in [-0.2, -0.15) is 5.10 Å². The van der Waals surface area contributed by atoms with Gasteiger partial charge in [-0.3, -0.25) is 5.01 Å². The zero-order chi connectivity index (χ0) is 19.2. The van der Waals surface area contributed by atoms with E-state index in [1.807, 2.05) is 47.5 Å². The van der Waals surface area contributed by atoms with E-state index in [4.69, 9.17) is 0 Å². The molecule has 1 unspecified atom stereocenters. The first-order chi connectivity index (χ1) is 13.0. The molecule has 1 fully saturated rings. The fourth-order valence-corrected chi connectivity index (χ4v) is 3.58. The van der Waals surface area contributed by atoms with Crippen molar-refractivity contribution in [1.29, 1.82) is 0 Å². The van der Waals surface area contributed by atoms with E-state index in [1.54, 1.807) is 12.3 Å². The van der Waals surface area contributed by atoms with E-state index in [0.717, 1.165) is 24.5 Å². The fraction of sp³-hybridized carbons (Fsp3) is 0.435. The Balaban J connectivity index is 1.78. The minimum atomic E-state index is -0.216. The zero-order valence-corrected chi connectivity index (χ0v) is 16.6. The Morgan fingerprint density at radius 1 is 1.19 bits per heavy atom. The molecule has 1 aliphatic heterocycles. The van der Waals surface area contributed by atoms with Gasteiger partial charge in [-0.15, -0.1) is 0 Å². The molecule has 0 saturated carbocycles. The van der Waals surface area contributed by atoms with Crippen LogP contribution in [0.1, 0.15) is 45.6 Å². The van der Waals surface area contributed by atoms with Gasteiger partial charge in [-0.05, 0) is 62.4 Å². The molecule has 27 heavy (non-hydrogen) atoms. The van der Waals surface area contributed by atoms with Crippen LogP contribution in [-0.2, 0) is 0 Å². The highest BCUT2D eigenvalue weighted by molar-refractivity contribution is 5.81. The quantitative estimate of drug-likeness (QED) is 0.482. The van der Waals surface area contributed by atoms with Crippen LogP contribution in [0.15, 0.2) is 53.6 Å². The predicted octanol–water partition coefficient (Wildman–Crippen LogP) is 5.70. The lowest BCUT2D eigenvalue weighted by Crippen LogP contribution is -2.37. The number of nitrogens with zero attached hydrogens (tertiary/aromatic N) is 3. The van der Waals surface area contributed by atoms with Gasteiger partial charge in [0.25, 0.3) is 0 Å². The van der Waals surface area contributed by atoms with Crippen molar-refractivity contribution in [2.75, 3.05) is 23.0 Å². The van der Waals surface area contributed by atoms with Crippen molar-refractivity contribution in [3.05, 3.63) is 59.9 Å². The number of hydrogen-bond donors (Lipinski definition) is 0. The normalized spacial score (nSPS) is 17.7. The molecule has 3 rings (SSSR count). The van der Waals surface area contributed by atoms with Gasteiger partial charge in [0, 0.05) is 30.4 Å². The summed E-state index contributed by atoms with van der Waals surface area (Å²) in [5.41, 5.74) is 2.51. The molecule has 0 aromatic heterocycles.